The van der Waals surface area contributed by atoms with E-state index in [0.29, 0.717) is 5.02 Å². The summed E-state index contributed by atoms with van der Waals surface area (Å²) < 4.78 is 13.0. The van der Waals surface area contributed by atoms with Gasteiger partial charge in [-0.05, 0) is 43.2 Å². The Morgan fingerprint density at radius 1 is 1.27 bits per heavy atom. The molecule has 0 saturated heterocycles. The zero-order chi connectivity index (χ0) is 16.1. The molecule has 2 rings (SSSR count). The topological polar surface area (TPSA) is 12.0 Å². The fourth-order valence-corrected chi connectivity index (χ4v) is 2.41. The Morgan fingerprint density at radius 2 is 2.05 bits per heavy atom. The van der Waals surface area contributed by atoms with E-state index in [4.69, 9.17) is 11.6 Å². The first-order valence-corrected chi connectivity index (χ1v) is 7.48. The van der Waals surface area contributed by atoms with Gasteiger partial charge in [0.15, 0.2) is 0 Å². The number of aryl methyl sites for hydroxylation is 1. The lowest BCUT2D eigenvalue weighted by molar-refractivity contribution is 0.628. The molecule has 114 valence electrons. The molecule has 0 radical (unpaired) electrons. The lowest BCUT2D eigenvalue weighted by Gasteiger charge is -2.16. The summed E-state index contributed by atoms with van der Waals surface area (Å²) in [6, 6.07) is 12.8. The van der Waals surface area contributed by atoms with Gasteiger partial charge in [0.05, 0.1) is 5.02 Å². The van der Waals surface area contributed by atoms with Crippen LogP contribution in [0.5, 0.6) is 0 Å². The Kier molecular flexibility index (Phi) is 5.40. The standard InChI is InChI=1S/C19H19ClFN/c1-13-5-4-6-17(11-13)15(3)22-14(2)7-8-16-9-10-18(21)12-19(16)20/h4-12,15,22H,2H2,1,3H3/b8-7+. The van der Waals surface area contributed by atoms with Gasteiger partial charge in [0, 0.05) is 11.7 Å². The third-order valence-electron chi connectivity index (χ3n) is 3.37. The number of allylic oxidation sites excluding steroid dienone is 1. The quantitative estimate of drug-likeness (QED) is 0.701. The monoisotopic (exact) mass is 315 g/mol. The first kappa shape index (κ1) is 16.3. The van der Waals surface area contributed by atoms with Gasteiger partial charge in [-0.25, -0.2) is 4.39 Å². The van der Waals surface area contributed by atoms with E-state index in [0.717, 1.165) is 11.3 Å². The second kappa shape index (κ2) is 7.28. The van der Waals surface area contributed by atoms with Gasteiger partial charge < -0.3 is 5.32 Å². The van der Waals surface area contributed by atoms with Crippen molar-refractivity contribution >= 4 is 17.7 Å². The van der Waals surface area contributed by atoms with Gasteiger partial charge in [-0.2, -0.15) is 0 Å². The van der Waals surface area contributed by atoms with Crippen LogP contribution in [0, 0.1) is 12.7 Å². The molecule has 2 aromatic carbocycles. The average molecular weight is 316 g/mol. The Labute approximate surface area is 136 Å². The Balaban J connectivity index is 2.02. The summed E-state index contributed by atoms with van der Waals surface area (Å²) in [5, 5.41) is 3.71. The normalized spacial score (nSPS) is 12.4. The van der Waals surface area contributed by atoms with E-state index >= 15 is 0 Å². The molecule has 1 unspecified atom stereocenters. The summed E-state index contributed by atoms with van der Waals surface area (Å²) in [5.74, 6) is -0.341. The molecular weight excluding hydrogens is 297 g/mol. The number of halogens is 2. The van der Waals surface area contributed by atoms with Crippen molar-refractivity contribution in [2.75, 3.05) is 0 Å². The fourth-order valence-electron chi connectivity index (χ4n) is 2.18. The van der Waals surface area contributed by atoms with E-state index in [-0.39, 0.29) is 11.9 Å². The second-order valence-corrected chi connectivity index (χ2v) is 5.71. The summed E-state index contributed by atoms with van der Waals surface area (Å²) in [5.41, 5.74) is 3.96. The van der Waals surface area contributed by atoms with E-state index in [1.807, 2.05) is 18.2 Å². The van der Waals surface area contributed by atoms with Crippen molar-refractivity contribution in [3.8, 4) is 0 Å². The van der Waals surface area contributed by atoms with Crippen molar-refractivity contribution in [2.45, 2.75) is 19.9 Å². The van der Waals surface area contributed by atoms with Crippen LogP contribution in [-0.2, 0) is 0 Å². The Hall–Kier alpha value is -2.06. The molecule has 0 heterocycles. The third-order valence-corrected chi connectivity index (χ3v) is 3.70. The SMILES string of the molecule is C=C(/C=C/c1ccc(F)cc1Cl)NC(C)c1cccc(C)c1. The van der Waals surface area contributed by atoms with Crippen LogP contribution in [0.4, 0.5) is 4.39 Å². The lowest BCUT2D eigenvalue weighted by Crippen LogP contribution is -2.16. The van der Waals surface area contributed by atoms with E-state index in [2.05, 4.69) is 43.9 Å². The minimum absolute atomic E-state index is 0.153. The van der Waals surface area contributed by atoms with Crippen molar-refractivity contribution < 1.29 is 4.39 Å². The first-order chi connectivity index (χ1) is 10.5. The number of hydrogen-bond acceptors (Lipinski definition) is 1. The maximum absolute atomic E-state index is 13.0. The zero-order valence-electron chi connectivity index (χ0n) is 12.7. The molecular formula is C19H19ClFN. The third kappa shape index (κ3) is 4.47. The maximum Gasteiger partial charge on any atom is 0.124 e. The van der Waals surface area contributed by atoms with Crippen molar-refractivity contribution in [3.05, 3.63) is 88.3 Å². The van der Waals surface area contributed by atoms with Crippen LogP contribution < -0.4 is 5.32 Å². The van der Waals surface area contributed by atoms with Crippen molar-refractivity contribution in [3.63, 3.8) is 0 Å². The molecule has 0 aliphatic carbocycles. The molecule has 1 nitrogen and oxygen atoms in total. The van der Waals surface area contributed by atoms with E-state index < -0.39 is 0 Å². The summed E-state index contributed by atoms with van der Waals surface area (Å²) in [6.45, 7) is 8.14. The van der Waals surface area contributed by atoms with Crippen molar-refractivity contribution in [1.29, 1.82) is 0 Å². The number of rotatable bonds is 5. The van der Waals surface area contributed by atoms with Crippen molar-refractivity contribution in [1.82, 2.24) is 5.32 Å². The molecule has 2 aromatic rings. The average Bonchev–Trinajstić information content (AvgIpc) is 2.46. The highest BCUT2D eigenvalue weighted by atomic mass is 35.5. The van der Waals surface area contributed by atoms with Gasteiger partial charge >= 0.3 is 0 Å². The molecule has 0 fully saturated rings. The molecule has 1 atom stereocenters. The number of benzene rings is 2. The summed E-state index contributed by atoms with van der Waals surface area (Å²) in [7, 11) is 0. The van der Waals surface area contributed by atoms with Gasteiger partial charge in [0.1, 0.15) is 5.82 Å². The minimum atomic E-state index is -0.341. The van der Waals surface area contributed by atoms with Gasteiger partial charge in [0.2, 0.25) is 0 Å². The van der Waals surface area contributed by atoms with Crippen LogP contribution in [0.15, 0.2) is 60.8 Å². The van der Waals surface area contributed by atoms with Crippen molar-refractivity contribution in [2.24, 2.45) is 0 Å². The largest absolute Gasteiger partial charge is 0.379 e. The van der Waals surface area contributed by atoms with E-state index in [1.165, 1.54) is 23.3 Å². The molecule has 0 saturated carbocycles. The fraction of sp³-hybridized carbons (Fsp3) is 0.158. The van der Waals surface area contributed by atoms with E-state index in [9.17, 15) is 4.39 Å². The molecule has 0 aromatic heterocycles. The predicted octanol–water partition coefficient (Wildman–Crippen LogP) is 5.67. The maximum atomic E-state index is 13.0. The minimum Gasteiger partial charge on any atom is -0.379 e. The van der Waals surface area contributed by atoms with Crippen LogP contribution in [0.1, 0.15) is 29.7 Å². The highest BCUT2D eigenvalue weighted by Gasteiger charge is 2.05. The molecule has 0 spiro atoms. The first-order valence-electron chi connectivity index (χ1n) is 7.11. The Bertz CT molecular complexity index is 706. The highest BCUT2D eigenvalue weighted by Crippen LogP contribution is 2.20. The Morgan fingerprint density at radius 3 is 2.73 bits per heavy atom. The summed E-state index contributed by atoms with van der Waals surface area (Å²) in [6.07, 6.45) is 3.66. The van der Waals surface area contributed by atoms with Gasteiger partial charge in [-0.3, -0.25) is 0 Å². The molecule has 0 aliphatic heterocycles. The van der Waals surface area contributed by atoms with E-state index in [1.54, 1.807) is 6.07 Å². The van der Waals surface area contributed by atoms with Crippen LogP contribution in [-0.4, -0.2) is 0 Å². The number of hydrogen-bond donors (Lipinski definition) is 1. The molecule has 1 N–H and O–H groups in total. The summed E-state index contributed by atoms with van der Waals surface area (Å²) in [4.78, 5) is 0. The smallest absolute Gasteiger partial charge is 0.124 e. The molecule has 0 amide bonds. The number of nitrogens with one attached hydrogen (secondary N) is 1. The van der Waals surface area contributed by atoms with Crippen LogP contribution >= 0.6 is 11.6 Å². The van der Waals surface area contributed by atoms with Gasteiger partial charge in [0.25, 0.3) is 0 Å². The van der Waals surface area contributed by atoms with Crippen LogP contribution in [0.2, 0.25) is 5.02 Å². The molecule has 0 bridgehead atoms. The lowest BCUT2D eigenvalue weighted by atomic mass is 10.1. The molecule has 3 heteroatoms. The predicted molar refractivity (Wildman–Crippen MR) is 92.3 cm³/mol. The second-order valence-electron chi connectivity index (χ2n) is 5.30. The highest BCUT2D eigenvalue weighted by molar-refractivity contribution is 6.32. The van der Waals surface area contributed by atoms with Crippen LogP contribution in [0.3, 0.4) is 0 Å². The summed E-state index contributed by atoms with van der Waals surface area (Å²) >= 11 is 5.99. The van der Waals surface area contributed by atoms with Crippen LogP contribution in [0.25, 0.3) is 6.08 Å². The van der Waals surface area contributed by atoms with Gasteiger partial charge in [-0.1, -0.05) is 60.2 Å². The zero-order valence-corrected chi connectivity index (χ0v) is 13.5. The molecule has 0 aliphatic rings. The molecule has 22 heavy (non-hydrogen) atoms. The van der Waals surface area contributed by atoms with Gasteiger partial charge in [-0.15, -0.1) is 0 Å².